The molecule has 0 heterocycles. The molecule has 0 radical (unpaired) electrons. The fourth-order valence-corrected chi connectivity index (χ4v) is 1.22. The number of rotatable bonds is 6. The molecule has 0 saturated heterocycles. The van der Waals surface area contributed by atoms with Crippen LogP contribution in [0.25, 0.3) is 0 Å². The summed E-state index contributed by atoms with van der Waals surface area (Å²) in [4.78, 5) is 11.3. The third-order valence-electron chi connectivity index (χ3n) is 2.37. The first-order valence-electron chi connectivity index (χ1n) is 5.78. The Morgan fingerprint density at radius 2 is 2.18 bits per heavy atom. The molecule has 1 aromatic carbocycles. The minimum atomic E-state index is -0.349. The predicted molar refractivity (Wildman–Crippen MR) is 67.0 cm³/mol. The second-order valence-corrected chi connectivity index (χ2v) is 3.88. The Labute approximate surface area is 102 Å². The number of anilines is 1. The number of esters is 1. The van der Waals surface area contributed by atoms with Gasteiger partial charge in [-0.2, -0.15) is 0 Å². The molecular formula is C13H19NO3. The molecule has 1 aromatic rings. The van der Waals surface area contributed by atoms with Crippen LogP contribution in [-0.4, -0.2) is 19.2 Å². The van der Waals surface area contributed by atoms with Crippen LogP contribution in [0.2, 0.25) is 0 Å². The van der Waals surface area contributed by atoms with Gasteiger partial charge < -0.3 is 15.2 Å². The maximum absolute atomic E-state index is 11.3. The van der Waals surface area contributed by atoms with Crippen LogP contribution in [0.5, 0.6) is 5.75 Å². The summed E-state index contributed by atoms with van der Waals surface area (Å²) in [6, 6.07) is 5.34. The van der Waals surface area contributed by atoms with E-state index in [1.165, 1.54) is 0 Å². The zero-order valence-corrected chi connectivity index (χ0v) is 10.4. The molecule has 0 amide bonds. The van der Waals surface area contributed by atoms with Crippen LogP contribution in [0.4, 0.5) is 5.69 Å². The molecule has 0 spiro atoms. The molecule has 17 heavy (non-hydrogen) atoms. The van der Waals surface area contributed by atoms with Gasteiger partial charge in [-0.25, -0.2) is 4.79 Å². The van der Waals surface area contributed by atoms with E-state index in [0.717, 1.165) is 18.4 Å². The summed E-state index contributed by atoms with van der Waals surface area (Å²) >= 11 is 0. The van der Waals surface area contributed by atoms with Gasteiger partial charge in [-0.05, 0) is 25.0 Å². The molecule has 1 rings (SSSR count). The summed E-state index contributed by atoms with van der Waals surface area (Å²) in [5.74, 6) is 0.234. The van der Waals surface area contributed by atoms with Gasteiger partial charge in [-0.1, -0.05) is 19.4 Å². The minimum absolute atomic E-state index is 0.0772. The Morgan fingerprint density at radius 3 is 2.82 bits per heavy atom. The number of carbonyl (C=O) groups excluding carboxylic acids is 1. The fraction of sp³-hybridized carbons (Fsp3) is 0.462. The highest BCUT2D eigenvalue weighted by atomic mass is 16.6. The van der Waals surface area contributed by atoms with Crippen LogP contribution in [0.3, 0.4) is 0 Å². The number of hydrogen-bond acceptors (Lipinski definition) is 4. The normalized spacial score (nSPS) is 10.0. The zero-order valence-electron chi connectivity index (χ0n) is 10.4. The van der Waals surface area contributed by atoms with Crippen LogP contribution in [0, 0.1) is 6.92 Å². The van der Waals surface area contributed by atoms with Crippen LogP contribution >= 0.6 is 0 Å². The van der Waals surface area contributed by atoms with Crippen molar-refractivity contribution in [3.8, 4) is 5.75 Å². The van der Waals surface area contributed by atoms with Crippen LogP contribution in [0.15, 0.2) is 18.2 Å². The van der Waals surface area contributed by atoms with E-state index < -0.39 is 0 Å². The van der Waals surface area contributed by atoms with Crippen molar-refractivity contribution in [2.75, 3.05) is 18.9 Å². The summed E-state index contributed by atoms with van der Waals surface area (Å²) in [5.41, 5.74) is 7.37. The van der Waals surface area contributed by atoms with Gasteiger partial charge in [0.25, 0.3) is 0 Å². The maximum Gasteiger partial charge on any atom is 0.344 e. The summed E-state index contributed by atoms with van der Waals surface area (Å²) in [7, 11) is 0. The number of ether oxygens (including phenoxy) is 2. The van der Waals surface area contributed by atoms with Gasteiger partial charge in [-0.3, -0.25) is 0 Å². The lowest BCUT2D eigenvalue weighted by atomic mass is 10.2. The van der Waals surface area contributed by atoms with E-state index in [1.54, 1.807) is 12.1 Å². The molecule has 0 aromatic heterocycles. The van der Waals surface area contributed by atoms with E-state index in [1.807, 2.05) is 19.9 Å². The molecule has 0 bridgehead atoms. The maximum atomic E-state index is 11.3. The summed E-state index contributed by atoms with van der Waals surface area (Å²) in [6.45, 7) is 4.33. The number of aryl methyl sites for hydroxylation is 1. The molecule has 0 atom stereocenters. The molecule has 0 aliphatic heterocycles. The van der Waals surface area contributed by atoms with Gasteiger partial charge in [0.05, 0.1) is 6.61 Å². The van der Waals surface area contributed by atoms with Crippen molar-refractivity contribution in [3.05, 3.63) is 23.8 Å². The van der Waals surface area contributed by atoms with E-state index in [9.17, 15) is 4.79 Å². The Hall–Kier alpha value is -1.71. The van der Waals surface area contributed by atoms with Gasteiger partial charge in [-0.15, -0.1) is 0 Å². The summed E-state index contributed by atoms with van der Waals surface area (Å²) in [6.07, 6.45) is 1.88. The topological polar surface area (TPSA) is 61.5 Å². The Morgan fingerprint density at radius 1 is 1.41 bits per heavy atom. The highest BCUT2D eigenvalue weighted by Crippen LogP contribution is 2.18. The Balaban J connectivity index is 2.34. The Kier molecular flexibility index (Phi) is 5.33. The molecule has 2 N–H and O–H groups in total. The summed E-state index contributed by atoms with van der Waals surface area (Å²) < 4.78 is 10.2. The average Bonchev–Trinajstić information content (AvgIpc) is 2.31. The van der Waals surface area contributed by atoms with Crippen molar-refractivity contribution >= 4 is 11.7 Å². The number of hydrogen-bond donors (Lipinski definition) is 1. The lowest BCUT2D eigenvalue weighted by Crippen LogP contribution is -2.15. The van der Waals surface area contributed by atoms with Crippen molar-refractivity contribution in [2.45, 2.75) is 26.7 Å². The SMILES string of the molecule is CCCCOC(=O)COc1ccc(C)c(N)c1. The fourth-order valence-electron chi connectivity index (χ4n) is 1.22. The standard InChI is InChI=1S/C13H19NO3/c1-3-4-7-16-13(15)9-17-11-6-5-10(2)12(14)8-11/h5-6,8H,3-4,7,9,14H2,1-2H3. The molecule has 0 saturated carbocycles. The largest absolute Gasteiger partial charge is 0.482 e. The van der Waals surface area contributed by atoms with E-state index in [0.29, 0.717) is 18.0 Å². The quantitative estimate of drug-likeness (QED) is 0.468. The second kappa shape index (κ2) is 6.78. The van der Waals surface area contributed by atoms with Crippen molar-refractivity contribution in [1.82, 2.24) is 0 Å². The van der Waals surface area contributed by atoms with E-state index in [2.05, 4.69) is 0 Å². The number of benzene rings is 1. The van der Waals surface area contributed by atoms with E-state index >= 15 is 0 Å². The number of nitrogen functional groups attached to an aromatic ring is 1. The Bertz CT molecular complexity index is 377. The monoisotopic (exact) mass is 237 g/mol. The molecule has 94 valence electrons. The molecule has 0 unspecified atom stereocenters. The van der Waals surface area contributed by atoms with Crippen molar-refractivity contribution in [3.63, 3.8) is 0 Å². The van der Waals surface area contributed by atoms with Gasteiger partial charge >= 0.3 is 5.97 Å². The highest BCUT2D eigenvalue weighted by Gasteiger charge is 2.04. The molecule has 4 heteroatoms. The van der Waals surface area contributed by atoms with Gasteiger partial charge in [0.2, 0.25) is 0 Å². The van der Waals surface area contributed by atoms with Crippen LogP contribution in [-0.2, 0) is 9.53 Å². The van der Waals surface area contributed by atoms with Crippen molar-refractivity contribution in [1.29, 1.82) is 0 Å². The lowest BCUT2D eigenvalue weighted by Gasteiger charge is -2.08. The van der Waals surface area contributed by atoms with E-state index in [4.69, 9.17) is 15.2 Å². The summed E-state index contributed by atoms with van der Waals surface area (Å²) in [5, 5.41) is 0. The van der Waals surface area contributed by atoms with Crippen molar-refractivity contribution in [2.24, 2.45) is 0 Å². The lowest BCUT2D eigenvalue weighted by molar-refractivity contribution is -0.146. The van der Waals surface area contributed by atoms with Crippen LogP contribution < -0.4 is 10.5 Å². The van der Waals surface area contributed by atoms with Gasteiger partial charge in [0.15, 0.2) is 6.61 Å². The third-order valence-corrected chi connectivity index (χ3v) is 2.37. The molecule has 0 fully saturated rings. The smallest absolute Gasteiger partial charge is 0.344 e. The number of carbonyl (C=O) groups is 1. The molecule has 0 aliphatic carbocycles. The van der Waals surface area contributed by atoms with Gasteiger partial charge in [0.1, 0.15) is 5.75 Å². The highest BCUT2D eigenvalue weighted by molar-refractivity contribution is 5.71. The first-order valence-corrected chi connectivity index (χ1v) is 5.78. The first kappa shape index (κ1) is 13.4. The zero-order chi connectivity index (χ0) is 12.7. The minimum Gasteiger partial charge on any atom is -0.482 e. The average molecular weight is 237 g/mol. The predicted octanol–water partition coefficient (Wildman–Crippen LogP) is 2.30. The van der Waals surface area contributed by atoms with Crippen LogP contribution in [0.1, 0.15) is 25.3 Å². The third kappa shape index (κ3) is 4.76. The van der Waals surface area contributed by atoms with E-state index in [-0.39, 0.29) is 12.6 Å². The van der Waals surface area contributed by atoms with Gasteiger partial charge in [0, 0.05) is 11.8 Å². The van der Waals surface area contributed by atoms with Crippen molar-refractivity contribution < 1.29 is 14.3 Å². The number of nitrogens with two attached hydrogens (primary N) is 1. The molecule has 4 nitrogen and oxygen atoms in total. The second-order valence-electron chi connectivity index (χ2n) is 3.88. The first-order chi connectivity index (χ1) is 8.13. The molecule has 0 aliphatic rings. The molecular weight excluding hydrogens is 218 g/mol. The number of unbranched alkanes of at least 4 members (excludes halogenated alkanes) is 1.